The summed E-state index contributed by atoms with van der Waals surface area (Å²) < 4.78 is 11.0. The number of carboxylic acid groups (broad SMARTS) is 1. The molecule has 0 atom stereocenters. The lowest BCUT2D eigenvalue weighted by Gasteiger charge is -2.13. The highest BCUT2D eigenvalue weighted by molar-refractivity contribution is 8.04. The van der Waals surface area contributed by atoms with Gasteiger partial charge in [-0.15, -0.1) is 11.5 Å². The molecule has 0 saturated carbocycles. The van der Waals surface area contributed by atoms with Gasteiger partial charge >= 0.3 is 5.97 Å². The molecule has 2 N–H and O–H groups in total. The maximum Gasteiger partial charge on any atom is 0.342 e. The minimum Gasteiger partial charge on any atom is -0.490 e. The molecule has 0 aliphatic carbocycles. The highest BCUT2D eigenvalue weighted by Gasteiger charge is 2.16. The van der Waals surface area contributed by atoms with E-state index in [1.54, 1.807) is 12.1 Å². The molecule has 0 spiro atoms. The number of aryl methyl sites for hydroxylation is 1. The van der Waals surface area contributed by atoms with Gasteiger partial charge in [-0.3, -0.25) is 5.10 Å². The van der Waals surface area contributed by atoms with E-state index >= 15 is 0 Å². The Morgan fingerprint density at radius 1 is 1.44 bits per heavy atom. The summed E-state index contributed by atoms with van der Waals surface area (Å²) in [5.41, 5.74) is 0.535. The molecule has 0 amide bonds. The first-order chi connectivity index (χ1) is 13.0. The van der Waals surface area contributed by atoms with Crippen LogP contribution in [-0.4, -0.2) is 39.5 Å². The van der Waals surface area contributed by atoms with Crippen molar-refractivity contribution in [1.29, 1.82) is 0 Å². The van der Waals surface area contributed by atoms with Crippen LogP contribution >= 0.6 is 23.4 Å². The molecule has 2 rings (SSSR count). The first kappa shape index (κ1) is 20.7. The maximum absolute atomic E-state index is 11.6. The van der Waals surface area contributed by atoms with Crippen LogP contribution in [0.2, 0.25) is 5.02 Å². The lowest BCUT2D eigenvalue weighted by molar-refractivity contribution is -0.131. The van der Waals surface area contributed by atoms with Crippen LogP contribution in [0.3, 0.4) is 0 Å². The van der Waals surface area contributed by atoms with Gasteiger partial charge in [0.25, 0.3) is 0 Å². The predicted octanol–water partition coefficient (Wildman–Crippen LogP) is 3.65. The second-order valence-electron chi connectivity index (χ2n) is 5.09. The number of rotatable bonds is 9. The molecular weight excluding hydrogens is 390 g/mol. The van der Waals surface area contributed by atoms with Crippen molar-refractivity contribution in [1.82, 2.24) is 15.2 Å². The Morgan fingerprint density at radius 3 is 2.81 bits per heavy atom. The van der Waals surface area contributed by atoms with Gasteiger partial charge in [0.2, 0.25) is 5.16 Å². The first-order valence-corrected chi connectivity index (χ1v) is 9.24. The number of carbonyl (C=O) groups is 1. The molecule has 0 aliphatic rings. The molecule has 0 saturated heterocycles. The molecule has 7 nitrogen and oxygen atoms in total. The van der Waals surface area contributed by atoms with Crippen LogP contribution in [0.4, 0.5) is 0 Å². The lowest BCUT2D eigenvalue weighted by Crippen LogP contribution is -2.01. The quantitative estimate of drug-likeness (QED) is 0.372. The number of thioether (sulfide) groups is 1. The van der Waals surface area contributed by atoms with Crippen molar-refractivity contribution in [3.63, 3.8) is 0 Å². The summed E-state index contributed by atoms with van der Waals surface area (Å²) in [6, 6.07) is 3.22. The number of terminal acetylenes is 1. The van der Waals surface area contributed by atoms with Crippen molar-refractivity contribution < 1.29 is 19.4 Å². The molecule has 27 heavy (non-hydrogen) atoms. The van der Waals surface area contributed by atoms with E-state index in [0.29, 0.717) is 41.1 Å². The van der Waals surface area contributed by atoms with Crippen molar-refractivity contribution in [2.45, 2.75) is 25.4 Å². The minimum absolute atomic E-state index is 0.0347. The summed E-state index contributed by atoms with van der Waals surface area (Å²) in [6.45, 7) is 4.15. The number of ether oxygens (including phenoxy) is 2. The predicted molar refractivity (Wildman–Crippen MR) is 104 cm³/mol. The number of hydrogen-bond donors (Lipinski definition) is 2. The van der Waals surface area contributed by atoms with Gasteiger partial charge in [0.1, 0.15) is 17.3 Å². The van der Waals surface area contributed by atoms with E-state index < -0.39 is 5.97 Å². The summed E-state index contributed by atoms with van der Waals surface area (Å²) in [6.07, 6.45) is 7.35. The number of H-pyrrole nitrogens is 1. The molecule has 1 aromatic carbocycles. The van der Waals surface area contributed by atoms with Crippen molar-refractivity contribution >= 4 is 35.4 Å². The maximum atomic E-state index is 11.6. The zero-order valence-electron chi connectivity index (χ0n) is 14.8. The fraction of sp³-hybridized carbons (Fsp3) is 0.278. The molecule has 0 bridgehead atoms. The van der Waals surface area contributed by atoms with Crippen molar-refractivity contribution in [2.75, 3.05) is 13.2 Å². The van der Waals surface area contributed by atoms with E-state index in [4.69, 9.17) is 27.5 Å². The van der Waals surface area contributed by atoms with Gasteiger partial charge in [-0.05, 0) is 42.5 Å². The highest BCUT2D eigenvalue weighted by Crippen LogP contribution is 2.38. The van der Waals surface area contributed by atoms with E-state index in [1.807, 2.05) is 13.8 Å². The number of aliphatic carboxylic acids is 1. The van der Waals surface area contributed by atoms with Gasteiger partial charge in [-0.2, -0.15) is 0 Å². The molecule has 0 aliphatic heterocycles. The zero-order chi connectivity index (χ0) is 19.8. The number of benzene rings is 1. The second-order valence-corrected chi connectivity index (χ2v) is 6.51. The summed E-state index contributed by atoms with van der Waals surface area (Å²) >= 11 is 7.20. The number of hydrogen-bond acceptors (Lipinski definition) is 6. The first-order valence-electron chi connectivity index (χ1n) is 8.05. The summed E-state index contributed by atoms with van der Waals surface area (Å²) in [4.78, 5) is 15.9. The highest BCUT2D eigenvalue weighted by atomic mass is 35.5. The standard InChI is InChI=1S/C18H18ClN3O4S/c1-4-7-26-16-12(19)8-11(9-13(16)25-6-3)10-14(17(23)24)27-18-20-15(5-2)21-22-18/h1,8-10H,5-7H2,2-3H3,(H,23,24)(H,20,21,22)/b14-10-. The van der Waals surface area contributed by atoms with Gasteiger partial charge < -0.3 is 14.6 Å². The van der Waals surface area contributed by atoms with Gasteiger partial charge in [0.15, 0.2) is 11.5 Å². The molecule has 9 heteroatoms. The van der Waals surface area contributed by atoms with Crippen LogP contribution in [0, 0.1) is 12.3 Å². The molecule has 0 unspecified atom stereocenters. The fourth-order valence-electron chi connectivity index (χ4n) is 2.05. The van der Waals surface area contributed by atoms with Gasteiger partial charge in [-0.1, -0.05) is 24.4 Å². The molecular formula is C18H18ClN3O4S. The van der Waals surface area contributed by atoms with Crippen molar-refractivity contribution in [3.8, 4) is 23.8 Å². The summed E-state index contributed by atoms with van der Waals surface area (Å²) in [5, 5.41) is 16.8. The molecule has 1 aromatic heterocycles. The van der Waals surface area contributed by atoms with E-state index in [0.717, 1.165) is 11.8 Å². The molecule has 2 aromatic rings. The van der Waals surface area contributed by atoms with Crippen LogP contribution in [0.15, 0.2) is 22.2 Å². The Balaban J connectivity index is 2.37. The zero-order valence-corrected chi connectivity index (χ0v) is 16.4. The number of carboxylic acids is 1. The SMILES string of the molecule is C#CCOc1c(Cl)cc(/C=C(\Sc2n[nH]c(CC)n2)C(=O)O)cc1OCC. The third kappa shape index (κ3) is 5.67. The van der Waals surface area contributed by atoms with E-state index in [9.17, 15) is 9.90 Å². The third-order valence-electron chi connectivity index (χ3n) is 3.19. The Hall–Kier alpha value is -2.63. The average Bonchev–Trinajstić information content (AvgIpc) is 3.08. The van der Waals surface area contributed by atoms with Crippen LogP contribution in [0.25, 0.3) is 6.08 Å². The van der Waals surface area contributed by atoms with Crippen molar-refractivity contribution in [2.24, 2.45) is 0 Å². The van der Waals surface area contributed by atoms with Gasteiger partial charge in [0.05, 0.1) is 11.6 Å². The Morgan fingerprint density at radius 2 is 2.22 bits per heavy atom. The fourth-order valence-corrected chi connectivity index (χ4v) is 3.05. The monoisotopic (exact) mass is 407 g/mol. The summed E-state index contributed by atoms with van der Waals surface area (Å²) in [7, 11) is 0. The Labute approximate surface area is 166 Å². The van der Waals surface area contributed by atoms with Gasteiger partial charge in [0, 0.05) is 6.42 Å². The number of nitrogens with zero attached hydrogens (tertiary/aromatic N) is 2. The second kappa shape index (κ2) is 9.90. The van der Waals surface area contributed by atoms with Crippen molar-refractivity contribution in [3.05, 3.63) is 33.4 Å². The van der Waals surface area contributed by atoms with E-state index in [1.165, 1.54) is 6.08 Å². The third-order valence-corrected chi connectivity index (χ3v) is 4.35. The topological polar surface area (TPSA) is 97.3 Å². The lowest BCUT2D eigenvalue weighted by atomic mass is 10.2. The normalized spacial score (nSPS) is 11.1. The van der Waals surface area contributed by atoms with Crippen LogP contribution in [0.1, 0.15) is 25.2 Å². The van der Waals surface area contributed by atoms with E-state index in [-0.39, 0.29) is 16.5 Å². The number of halogens is 1. The van der Waals surface area contributed by atoms with Crippen LogP contribution < -0.4 is 9.47 Å². The minimum atomic E-state index is -1.11. The molecule has 142 valence electrons. The van der Waals surface area contributed by atoms with Crippen LogP contribution in [0.5, 0.6) is 11.5 Å². The van der Waals surface area contributed by atoms with Gasteiger partial charge in [-0.25, -0.2) is 9.78 Å². The summed E-state index contributed by atoms with van der Waals surface area (Å²) in [5.74, 6) is 2.64. The van der Waals surface area contributed by atoms with Crippen LogP contribution in [-0.2, 0) is 11.2 Å². The molecule has 0 radical (unpaired) electrons. The smallest absolute Gasteiger partial charge is 0.342 e. The number of nitrogens with one attached hydrogen (secondary N) is 1. The number of aromatic amines is 1. The Bertz CT molecular complexity index is 889. The number of aromatic nitrogens is 3. The largest absolute Gasteiger partial charge is 0.490 e. The molecule has 1 heterocycles. The average molecular weight is 408 g/mol. The molecule has 0 fully saturated rings. The van der Waals surface area contributed by atoms with E-state index in [2.05, 4.69) is 21.1 Å². The Kier molecular flexibility index (Phi) is 7.58.